The molecule has 19 heavy (non-hydrogen) atoms. The standard InChI is InChI=1S/C18H30O/c1-9-12(2)14-10-13(17(3,4)5)11-15(16(14)19)18(6,7)8/h10-12,19H,9H2,1-8H3. The minimum atomic E-state index is -0.0342. The molecule has 108 valence electrons. The smallest absolute Gasteiger partial charge is 0.122 e. The van der Waals surface area contributed by atoms with Gasteiger partial charge in [-0.25, -0.2) is 0 Å². The quantitative estimate of drug-likeness (QED) is 0.746. The van der Waals surface area contributed by atoms with Gasteiger partial charge < -0.3 is 5.11 Å². The number of hydrogen-bond donors (Lipinski definition) is 1. The summed E-state index contributed by atoms with van der Waals surface area (Å²) in [5.74, 6) is 0.887. The van der Waals surface area contributed by atoms with Crippen molar-refractivity contribution in [3.8, 4) is 5.75 Å². The molecule has 0 aliphatic carbocycles. The largest absolute Gasteiger partial charge is 0.507 e. The molecule has 0 saturated carbocycles. The lowest BCUT2D eigenvalue weighted by atomic mass is 9.77. The number of benzene rings is 1. The first-order valence-corrected chi connectivity index (χ1v) is 7.36. The van der Waals surface area contributed by atoms with Gasteiger partial charge in [-0.1, -0.05) is 67.5 Å². The summed E-state index contributed by atoms with van der Waals surface area (Å²) in [4.78, 5) is 0. The number of aromatic hydroxyl groups is 1. The summed E-state index contributed by atoms with van der Waals surface area (Å²) < 4.78 is 0. The lowest BCUT2D eigenvalue weighted by molar-refractivity contribution is 0.432. The molecule has 0 saturated heterocycles. The maximum Gasteiger partial charge on any atom is 0.122 e. The molecule has 0 heterocycles. The van der Waals surface area contributed by atoms with E-state index in [9.17, 15) is 5.11 Å². The number of phenolic OH excluding ortho intramolecular Hbond substituents is 1. The van der Waals surface area contributed by atoms with E-state index in [1.807, 2.05) is 0 Å². The third-order valence-electron chi connectivity index (χ3n) is 3.96. The van der Waals surface area contributed by atoms with Crippen LogP contribution in [0.1, 0.15) is 84.4 Å². The Balaban J connectivity index is 3.57. The molecule has 1 heteroatoms. The molecule has 0 bridgehead atoms. The summed E-state index contributed by atoms with van der Waals surface area (Å²) in [6.07, 6.45) is 1.05. The van der Waals surface area contributed by atoms with E-state index in [0.29, 0.717) is 11.7 Å². The van der Waals surface area contributed by atoms with Crippen LogP contribution < -0.4 is 0 Å². The number of hydrogen-bond acceptors (Lipinski definition) is 1. The van der Waals surface area contributed by atoms with E-state index in [1.165, 1.54) is 5.56 Å². The highest BCUT2D eigenvalue weighted by Gasteiger charge is 2.26. The van der Waals surface area contributed by atoms with Crippen LogP contribution in [0, 0.1) is 0 Å². The van der Waals surface area contributed by atoms with Crippen LogP contribution in [-0.2, 0) is 10.8 Å². The van der Waals surface area contributed by atoms with Crippen LogP contribution in [0.25, 0.3) is 0 Å². The average molecular weight is 262 g/mol. The molecule has 1 N–H and O–H groups in total. The summed E-state index contributed by atoms with van der Waals surface area (Å²) in [7, 11) is 0. The fourth-order valence-corrected chi connectivity index (χ4v) is 2.26. The van der Waals surface area contributed by atoms with Gasteiger partial charge in [0.15, 0.2) is 0 Å². The maximum absolute atomic E-state index is 10.6. The zero-order valence-corrected chi connectivity index (χ0v) is 13.9. The maximum atomic E-state index is 10.6. The van der Waals surface area contributed by atoms with Gasteiger partial charge in [-0.05, 0) is 39.9 Å². The lowest BCUT2D eigenvalue weighted by Crippen LogP contribution is -2.18. The third kappa shape index (κ3) is 3.52. The summed E-state index contributed by atoms with van der Waals surface area (Å²) in [5, 5.41) is 10.6. The molecule has 0 radical (unpaired) electrons. The second-order valence-electron chi connectivity index (χ2n) is 7.77. The molecule has 1 aromatic rings. The van der Waals surface area contributed by atoms with Crippen molar-refractivity contribution in [1.82, 2.24) is 0 Å². The molecular weight excluding hydrogens is 232 g/mol. The predicted octanol–water partition coefficient (Wildman–Crippen LogP) is 5.50. The monoisotopic (exact) mass is 262 g/mol. The minimum Gasteiger partial charge on any atom is -0.507 e. The van der Waals surface area contributed by atoms with E-state index in [2.05, 4.69) is 67.5 Å². The van der Waals surface area contributed by atoms with Crippen molar-refractivity contribution in [1.29, 1.82) is 0 Å². The lowest BCUT2D eigenvalue weighted by Gasteiger charge is -2.28. The molecule has 0 aliphatic heterocycles. The van der Waals surface area contributed by atoms with Crippen molar-refractivity contribution >= 4 is 0 Å². The van der Waals surface area contributed by atoms with E-state index in [0.717, 1.165) is 17.5 Å². The Bertz CT molecular complexity index is 444. The first kappa shape index (κ1) is 16.1. The van der Waals surface area contributed by atoms with E-state index in [-0.39, 0.29) is 10.8 Å². The van der Waals surface area contributed by atoms with Crippen LogP contribution in [0.2, 0.25) is 0 Å². The molecule has 1 nitrogen and oxygen atoms in total. The Kier molecular flexibility index (Phi) is 4.39. The highest BCUT2D eigenvalue weighted by atomic mass is 16.3. The molecule has 1 unspecified atom stereocenters. The van der Waals surface area contributed by atoms with Crippen molar-refractivity contribution in [2.45, 2.75) is 78.6 Å². The van der Waals surface area contributed by atoms with Crippen molar-refractivity contribution in [3.05, 3.63) is 28.8 Å². The zero-order valence-electron chi connectivity index (χ0n) is 13.9. The molecule has 0 aliphatic rings. The SMILES string of the molecule is CCC(C)c1cc(C(C)(C)C)cc(C(C)(C)C)c1O. The highest BCUT2D eigenvalue weighted by Crippen LogP contribution is 2.40. The van der Waals surface area contributed by atoms with Gasteiger partial charge in [0.1, 0.15) is 5.75 Å². The molecule has 0 fully saturated rings. The van der Waals surface area contributed by atoms with Crippen molar-refractivity contribution in [2.24, 2.45) is 0 Å². The van der Waals surface area contributed by atoms with Gasteiger partial charge in [0, 0.05) is 0 Å². The second-order valence-corrected chi connectivity index (χ2v) is 7.77. The van der Waals surface area contributed by atoms with E-state index < -0.39 is 0 Å². The molecule has 1 atom stereocenters. The zero-order chi connectivity index (χ0) is 15.0. The normalized spacial score (nSPS) is 14.5. The first-order valence-electron chi connectivity index (χ1n) is 7.36. The van der Waals surface area contributed by atoms with Crippen LogP contribution in [0.15, 0.2) is 12.1 Å². The van der Waals surface area contributed by atoms with Gasteiger partial charge in [0.25, 0.3) is 0 Å². The van der Waals surface area contributed by atoms with Gasteiger partial charge in [0.2, 0.25) is 0 Å². The Morgan fingerprint density at radius 2 is 1.53 bits per heavy atom. The van der Waals surface area contributed by atoms with Crippen LogP contribution >= 0.6 is 0 Å². The summed E-state index contributed by atoms with van der Waals surface area (Å²) >= 11 is 0. The summed E-state index contributed by atoms with van der Waals surface area (Å²) in [6.45, 7) is 17.5. The highest BCUT2D eigenvalue weighted by molar-refractivity contribution is 5.50. The van der Waals surface area contributed by atoms with Gasteiger partial charge in [-0.15, -0.1) is 0 Å². The molecule has 1 aromatic carbocycles. The van der Waals surface area contributed by atoms with Gasteiger partial charge in [-0.2, -0.15) is 0 Å². The Hall–Kier alpha value is -0.980. The average Bonchev–Trinajstić information content (AvgIpc) is 2.25. The Morgan fingerprint density at radius 3 is 1.89 bits per heavy atom. The summed E-state index contributed by atoms with van der Waals surface area (Å²) in [6, 6.07) is 4.37. The van der Waals surface area contributed by atoms with Crippen LogP contribution in [0.3, 0.4) is 0 Å². The van der Waals surface area contributed by atoms with Crippen molar-refractivity contribution < 1.29 is 5.11 Å². The fourth-order valence-electron chi connectivity index (χ4n) is 2.26. The second kappa shape index (κ2) is 5.19. The third-order valence-corrected chi connectivity index (χ3v) is 3.96. The first-order chi connectivity index (χ1) is 8.48. The Morgan fingerprint density at radius 1 is 1.00 bits per heavy atom. The van der Waals surface area contributed by atoms with Crippen LogP contribution in [-0.4, -0.2) is 5.11 Å². The van der Waals surface area contributed by atoms with E-state index in [4.69, 9.17) is 0 Å². The van der Waals surface area contributed by atoms with Gasteiger partial charge in [0.05, 0.1) is 0 Å². The van der Waals surface area contributed by atoms with E-state index in [1.54, 1.807) is 0 Å². The van der Waals surface area contributed by atoms with Gasteiger partial charge in [-0.3, -0.25) is 0 Å². The molecular formula is C18H30O. The predicted molar refractivity (Wildman–Crippen MR) is 84.2 cm³/mol. The topological polar surface area (TPSA) is 20.2 Å². The van der Waals surface area contributed by atoms with Crippen LogP contribution in [0.5, 0.6) is 5.75 Å². The van der Waals surface area contributed by atoms with Gasteiger partial charge >= 0.3 is 0 Å². The molecule has 1 rings (SSSR count). The van der Waals surface area contributed by atoms with Crippen molar-refractivity contribution in [3.63, 3.8) is 0 Å². The summed E-state index contributed by atoms with van der Waals surface area (Å²) in [5.41, 5.74) is 3.55. The van der Waals surface area contributed by atoms with E-state index >= 15 is 0 Å². The number of phenols is 1. The molecule has 0 spiro atoms. The Labute approximate surface area is 119 Å². The van der Waals surface area contributed by atoms with Crippen molar-refractivity contribution in [2.75, 3.05) is 0 Å². The molecule has 0 amide bonds. The number of rotatable bonds is 2. The van der Waals surface area contributed by atoms with Crippen LogP contribution in [0.4, 0.5) is 0 Å². The minimum absolute atomic E-state index is 0.0342. The molecule has 0 aromatic heterocycles. The fraction of sp³-hybridized carbons (Fsp3) is 0.667.